The molecule has 0 aromatic heterocycles. The molecule has 8 heteroatoms. The number of nitrogens with zero attached hydrogens (tertiary/aromatic N) is 1. The maximum atomic E-state index is 12.2. The molecule has 0 bridgehead atoms. The van der Waals surface area contributed by atoms with Gasteiger partial charge < -0.3 is 9.64 Å². The van der Waals surface area contributed by atoms with E-state index in [2.05, 4.69) is 0 Å². The van der Waals surface area contributed by atoms with Gasteiger partial charge >= 0.3 is 5.97 Å². The Balaban J connectivity index is 2.88. The number of carbonyl (C=O) groups is 2. The maximum absolute atomic E-state index is 12.2. The van der Waals surface area contributed by atoms with Crippen LogP contribution in [0.2, 0.25) is 0 Å². The topological polar surface area (TPSA) is 107 Å². The molecule has 7 nitrogen and oxygen atoms in total. The molecule has 2 N–H and O–H groups in total. The van der Waals surface area contributed by atoms with Crippen LogP contribution in [0.15, 0.2) is 23.1 Å². The molecule has 1 amide bonds. The summed E-state index contributed by atoms with van der Waals surface area (Å²) in [5, 5.41) is 5.11. The number of hydrogen-bond acceptors (Lipinski definition) is 5. The van der Waals surface area contributed by atoms with Crippen LogP contribution in [0.25, 0.3) is 0 Å². The molecule has 0 saturated carbocycles. The van der Waals surface area contributed by atoms with Gasteiger partial charge in [-0.15, -0.1) is 0 Å². The minimum atomic E-state index is -3.94. The fourth-order valence-corrected chi connectivity index (χ4v) is 3.30. The van der Waals surface area contributed by atoms with Gasteiger partial charge in [0.05, 0.1) is 10.5 Å². The first kappa shape index (κ1) is 20.1. The molecule has 0 radical (unpaired) electrons. The Hall–Kier alpha value is -1.93. The Labute approximate surface area is 142 Å². The van der Waals surface area contributed by atoms with Crippen LogP contribution < -0.4 is 5.14 Å². The van der Waals surface area contributed by atoms with Gasteiger partial charge in [-0.2, -0.15) is 0 Å². The van der Waals surface area contributed by atoms with Gasteiger partial charge in [0.1, 0.15) is 0 Å². The molecule has 0 aliphatic heterocycles. The van der Waals surface area contributed by atoms with E-state index in [9.17, 15) is 18.0 Å². The highest BCUT2D eigenvalue weighted by atomic mass is 32.2. The van der Waals surface area contributed by atoms with Crippen LogP contribution in [0.1, 0.15) is 43.6 Å². The molecule has 0 unspecified atom stereocenters. The van der Waals surface area contributed by atoms with Gasteiger partial charge in [0, 0.05) is 12.1 Å². The fourth-order valence-electron chi connectivity index (χ4n) is 2.49. The summed E-state index contributed by atoms with van der Waals surface area (Å²) in [6, 6.07) is 4.00. The van der Waals surface area contributed by atoms with E-state index in [1.165, 1.54) is 12.1 Å². The molecule has 0 atom stereocenters. The van der Waals surface area contributed by atoms with E-state index < -0.39 is 22.6 Å². The first-order valence-electron chi connectivity index (χ1n) is 7.57. The summed E-state index contributed by atoms with van der Waals surface area (Å²) in [5.41, 5.74) is 0.453. The predicted octanol–water partition coefficient (Wildman–Crippen LogP) is 1.44. The Morgan fingerprint density at radius 3 is 2.17 bits per heavy atom. The van der Waals surface area contributed by atoms with Crippen molar-refractivity contribution in [3.63, 3.8) is 0 Å². The molecule has 1 aromatic rings. The molecule has 1 rings (SSSR count). The highest BCUT2D eigenvalue weighted by Gasteiger charge is 2.22. The van der Waals surface area contributed by atoms with Crippen LogP contribution in [0.5, 0.6) is 0 Å². The monoisotopic (exact) mass is 356 g/mol. The van der Waals surface area contributed by atoms with Gasteiger partial charge in [-0.25, -0.2) is 18.4 Å². The van der Waals surface area contributed by atoms with Crippen molar-refractivity contribution in [1.82, 2.24) is 4.90 Å². The second-order valence-electron chi connectivity index (χ2n) is 6.09. The molecular weight excluding hydrogens is 332 g/mol. The molecule has 1 aromatic carbocycles. The third-order valence-electron chi connectivity index (χ3n) is 3.46. The number of amides is 1. The molecular formula is C16H24N2O5S. The molecule has 0 aliphatic rings. The standard InChI is InChI=1S/C16H24N2O5S/c1-10(2)18(11(3)4)15(19)9-23-16(20)13-7-6-12(5)14(8-13)24(17,21)22/h6-8,10-11H,9H2,1-5H3,(H2,17,21,22). The summed E-state index contributed by atoms with van der Waals surface area (Å²) in [5.74, 6) is -1.09. The lowest BCUT2D eigenvalue weighted by atomic mass is 10.1. The number of nitrogens with two attached hydrogens (primary N) is 1. The first-order valence-corrected chi connectivity index (χ1v) is 9.11. The van der Waals surface area contributed by atoms with Crippen molar-refractivity contribution in [2.45, 2.75) is 51.6 Å². The highest BCUT2D eigenvalue weighted by molar-refractivity contribution is 7.89. The van der Waals surface area contributed by atoms with E-state index in [1.807, 2.05) is 27.7 Å². The van der Waals surface area contributed by atoms with Crippen molar-refractivity contribution in [1.29, 1.82) is 0 Å². The van der Waals surface area contributed by atoms with Crippen molar-refractivity contribution < 1.29 is 22.7 Å². The zero-order valence-corrected chi connectivity index (χ0v) is 15.4. The first-order chi connectivity index (χ1) is 10.9. The second kappa shape index (κ2) is 7.76. The van der Waals surface area contributed by atoms with Gasteiger partial charge in [-0.3, -0.25) is 4.79 Å². The Kier molecular flexibility index (Phi) is 6.50. The van der Waals surface area contributed by atoms with Gasteiger partial charge in [0.25, 0.3) is 5.91 Å². The quantitative estimate of drug-likeness (QED) is 0.776. The molecule has 0 aliphatic carbocycles. The third kappa shape index (κ3) is 5.04. The number of carbonyl (C=O) groups excluding carboxylic acids is 2. The fraction of sp³-hybridized carbons (Fsp3) is 0.500. The maximum Gasteiger partial charge on any atom is 0.338 e. The van der Waals surface area contributed by atoms with Crippen molar-refractivity contribution in [3.05, 3.63) is 29.3 Å². The normalized spacial score (nSPS) is 11.7. The number of hydrogen-bond donors (Lipinski definition) is 1. The minimum Gasteiger partial charge on any atom is -0.452 e. The van der Waals surface area contributed by atoms with Crippen LogP contribution in [-0.4, -0.2) is 43.9 Å². The summed E-state index contributed by atoms with van der Waals surface area (Å²) in [4.78, 5) is 25.7. The smallest absolute Gasteiger partial charge is 0.338 e. The van der Waals surface area contributed by atoms with Gasteiger partial charge in [0.15, 0.2) is 6.61 Å². The van der Waals surface area contributed by atoms with E-state index in [0.29, 0.717) is 5.56 Å². The van der Waals surface area contributed by atoms with Gasteiger partial charge in [0.2, 0.25) is 10.0 Å². The molecule has 24 heavy (non-hydrogen) atoms. The number of esters is 1. The van der Waals surface area contributed by atoms with E-state index in [4.69, 9.17) is 9.88 Å². The predicted molar refractivity (Wildman–Crippen MR) is 90.0 cm³/mol. The Morgan fingerprint density at radius 2 is 1.71 bits per heavy atom. The van der Waals surface area contributed by atoms with Crippen molar-refractivity contribution in [2.75, 3.05) is 6.61 Å². The van der Waals surface area contributed by atoms with Crippen molar-refractivity contribution in [2.24, 2.45) is 5.14 Å². The van der Waals surface area contributed by atoms with E-state index >= 15 is 0 Å². The van der Waals surface area contributed by atoms with Crippen molar-refractivity contribution >= 4 is 21.9 Å². The average molecular weight is 356 g/mol. The van der Waals surface area contributed by atoms with E-state index in [0.717, 1.165) is 6.07 Å². The van der Waals surface area contributed by atoms with Crippen LogP contribution in [0, 0.1) is 6.92 Å². The summed E-state index contributed by atoms with van der Waals surface area (Å²) >= 11 is 0. The van der Waals surface area contributed by atoms with Gasteiger partial charge in [-0.1, -0.05) is 6.07 Å². The zero-order valence-electron chi connectivity index (χ0n) is 14.6. The number of rotatable bonds is 6. The second-order valence-corrected chi connectivity index (χ2v) is 7.62. The number of primary sulfonamides is 1. The highest BCUT2D eigenvalue weighted by Crippen LogP contribution is 2.16. The number of benzene rings is 1. The summed E-state index contributed by atoms with van der Waals surface area (Å²) in [7, 11) is -3.94. The Morgan fingerprint density at radius 1 is 1.17 bits per heavy atom. The lowest BCUT2D eigenvalue weighted by Crippen LogP contribution is -2.44. The molecule has 134 valence electrons. The number of sulfonamides is 1. The van der Waals surface area contributed by atoms with Crippen LogP contribution >= 0.6 is 0 Å². The number of ether oxygens (including phenoxy) is 1. The summed E-state index contributed by atoms with van der Waals surface area (Å²) < 4.78 is 28.0. The largest absolute Gasteiger partial charge is 0.452 e. The van der Waals surface area contributed by atoms with Gasteiger partial charge in [-0.05, 0) is 52.3 Å². The lowest BCUT2D eigenvalue weighted by Gasteiger charge is -2.30. The van der Waals surface area contributed by atoms with Crippen LogP contribution in [0.4, 0.5) is 0 Å². The van der Waals surface area contributed by atoms with E-state index in [-0.39, 0.29) is 28.4 Å². The Bertz CT molecular complexity index is 718. The van der Waals surface area contributed by atoms with Crippen LogP contribution in [-0.2, 0) is 19.6 Å². The minimum absolute atomic E-state index is 0.0236. The molecule has 0 saturated heterocycles. The van der Waals surface area contributed by atoms with E-state index in [1.54, 1.807) is 11.8 Å². The molecule has 0 spiro atoms. The van der Waals surface area contributed by atoms with Crippen molar-refractivity contribution in [3.8, 4) is 0 Å². The summed E-state index contributed by atoms with van der Waals surface area (Å²) in [6.07, 6.45) is 0. The SMILES string of the molecule is Cc1ccc(C(=O)OCC(=O)N(C(C)C)C(C)C)cc1S(N)(=O)=O. The molecule has 0 heterocycles. The lowest BCUT2D eigenvalue weighted by molar-refractivity contribution is -0.138. The molecule has 0 fully saturated rings. The average Bonchev–Trinajstić information content (AvgIpc) is 2.43. The zero-order chi connectivity index (χ0) is 18.7. The van der Waals surface area contributed by atoms with Crippen LogP contribution in [0.3, 0.4) is 0 Å². The number of aryl methyl sites for hydroxylation is 1. The summed E-state index contributed by atoms with van der Waals surface area (Å²) in [6.45, 7) is 8.65. The third-order valence-corrected chi connectivity index (χ3v) is 4.51.